The van der Waals surface area contributed by atoms with Gasteiger partial charge in [0, 0.05) is 12.6 Å². The van der Waals surface area contributed by atoms with Crippen LogP contribution in [0.25, 0.3) is 0 Å². The van der Waals surface area contributed by atoms with E-state index in [9.17, 15) is 9.18 Å². The maximum Gasteiger partial charge on any atom is 0.222 e. The number of ether oxygens (including phenoxy) is 1. The molecular formula is C12H15FN2O2. The van der Waals surface area contributed by atoms with Crippen molar-refractivity contribution in [3.8, 4) is 5.75 Å². The Balaban J connectivity index is 1.99. The van der Waals surface area contributed by atoms with Gasteiger partial charge in [-0.3, -0.25) is 4.79 Å². The van der Waals surface area contributed by atoms with E-state index in [0.717, 1.165) is 5.69 Å². The first kappa shape index (κ1) is 11.7. The standard InChI is InChI=1S/C12H15FN2O2/c1-2-14-12(16)6-9-7-17-11-5-8(13)3-4-10(11)15-9/h3-5,9,15H,2,6-7H2,1H3,(H,14,16)/t9-/m0/s1. The lowest BCUT2D eigenvalue weighted by molar-refractivity contribution is -0.121. The van der Waals surface area contributed by atoms with Crippen molar-refractivity contribution in [1.29, 1.82) is 0 Å². The second-order valence-corrected chi connectivity index (χ2v) is 3.95. The van der Waals surface area contributed by atoms with Crippen LogP contribution >= 0.6 is 0 Å². The molecule has 0 saturated carbocycles. The van der Waals surface area contributed by atoms with Gasteiger partial charge < -0.3 is 15.4 Å². The van der Waals surface area contributed by atoms with Crippen molar-refractivity contribution in [1.82, 2.24) is 5.32 Å². The van der Waals surface area contributed by atoms with Gasteiger partial charge in [-0.25, -0.2) is 4.39 Å². The Morgan fingerprint density at radius 1 is 1.65 bits per heavy atom. The quantitative estimate of drug-likeness (QED) is 0.839. The van der Waals surface area contributed by atoms with E-state index in [0.29, 0.717) is 25.3 Å². The van der Waals surface area contributed by atoms with Crippen molar-refractivity contribution in [3.63, 3.8) is 0 Å². The second-order valence-electron chi connectivity index (χ2n) is 3.95. The van der Waals surface area contributed by atoms with Gasteiger partial charge in [0.05, 0.1) is 18.2 Å². The largest absolute Gasteiger partial charge is 0.489 e. The average Bonchev–Trinajstić information content (AvgIpc) is 2.29. The SMILES string of the molecule is CCNC(=O)C[C@H]1COc2cc(F)ccc2N1. The van der Waals surface area contributed by atoms with Crippen LogP contribution in [-0.4, -0.2) is 25.1 Å². The van der Waals surface area contributed by atoms with Gasteiger partial charge in [-0.05, 0) is 19.1 Å². The summed E-state index contributed by atoms with van der Waals surface area (Å²) < 4.78 is 18.3. The average molecular weight is 238 g/mol. The van der Waals surface area contributed by atoms with Crippen LogP contribution in [0.4, 0.5) is 10.1 Å². The normalized spacial score (nSPS) is 17.6. The second kappa shape index (κ2) is 5.03. The number of benzene rings is 1. The summed E-state index contributed by atoms with van der Waals surface area (Å²) in [5.74, 6) is 0.157. The maximum atomic E-state index is 12.9. The van der Waals surface area contributed by atoms with Gasteiger partial charge in [0.25, 0.3) is 0 Å². The number of anilines is 1. The summed E-state index contributed by atoms with van der Waals surface area (Å²) >= 11 is 0. The molecule has 2 N–H and O–H groups in total. The lowest BCUT2D eigenvalue weighted by atomic mass is 10.1. The van der Waals surface area contributed by atoms with Crippen LogP contribution < -0.4 is 15.4 Å². The number of nitrogens with one attached hydrogen (secondary N) is 2. The minimum Gasteiger partial charge on any atom is -0.489 e. The smallest absolute Gasteiger partial charge is 0.222 e. The van der Waals surface area contributed by atoms with Gasteiger partial charge in [-0.15, -0.1) is 0 Å². The van der Waals surface area contributed by atoms with E-state index in [1.54, 1.807) is 6.07 Å². The molecule has 1 aromatic rings. The van der Waals surface area contributed by atoms with Crippen LogP contribution in [0.15, 0.2) is 18.2 Å². The molecular weight excluding hydrogens is 223 g/mol. The minimum atomic E-state index is -0.326. The zero-order valence-corrected chi connectivity index (χ0v) is 9.63. The molecule has 0 fully saturated rings. The monoisotopic (exact) mass is 238 g/mol. The number of carbonyl (C=O) groups excluding carboxylic acids is 1. The van der Waals surface area contributed by atoms with Gasteiger partial charge in [0.1, 0.15) is 18.2 Å². The molecule has 1 atom stereocenters. The minimum absolute atomic E-state index is 0.0147. The fourth-order valence-corrected chi connectivity index (χ4v) is 1.79. The Labute approximate surface area is 99.2 Å². The third-order valence-electron chi connectivity index (χ3n) is 2.55. The molecule has 0 aliphatic carbocycles. The van der Waals surface area contributed by atoms with Gasteiger partial charge in [-0.2, -0.15) is 0 Å². The molecule has 5 heteroatoms. The lowest BCUT2D eigenvalue weighted by Crippen LogP contribution is -2.37. The van der Waals surface area contributed by atoms with E-state index < -0.39 is 0 Å². The van der Waals surface area contributed by atoms with E-state index in [2.05, 4.69) is 10.6 Å². The highest BCUT2D eigenvalue weighted by atomic mass is 19.1. The third kappa shape index (κ3) is 2.87. The first-order valence-electron chi connectivity index (χ1n) is 5.64. The highest BCUT2D eigenvalue weighted by Crippen LogP contribution is 2.29. The third-order valence-corrected chi connectivity index (χ3v) is 2.55. The van der Waals surface area contributed by atoms with Crippen LogP contribution in [0.1, 0.15) is 13.3 Å². The molecule has 0 spiro atoms. The molecule has 0 saturated heterocycles. The first-order chi connectivity index (χ1) is 8.19. The Morgan fingerprint density at radius 2 is 2.47 bits per heavy atom. The van der Waals surface area contributed by atoms with Crippen LogP contribution in [0.2, 0.25) is 0 Å². The van der Waals surface area contributed by atoms with Gasteiger partial charge in [0.2, 0.25) is 5.91 Å². The van der Waals surface area contributed by atoms with E-state index in [4.69, 9.17) is 4.74 Å². The van der Waals surface area contributed by atoms with Crippen molar-refractivity contribution in [2.75, 3.05) is 18.5 Å². The van der Waals surface area contributed by atoms with Crippen molar-refractivity contribution < 1.29 is 13.9 Å². The first-order valence-corrected chi connectivity index (χ1v) is 5.64. The highest BCUT2D eigenvalue weighted by Gasteiger charge is 2.21. The lowest BCUT2D eigenvalue weighted by Gasteiger charge is -2.27. The molecule has 92 valence electrons. The molecule has 1 aliphatic rings. The Bertz CT molecular complexity index is 423. The van der Waals surface area contributed by atoms with Crippen LogP contribution in [0.3, 0.4) is 0 Å². The number of amides is 1. The van der Waals surface area contributed by atoms with Crippen molar-refractivity contribution in [2.24, 2.45) is 0 Å². The number of fused-ring (bicyclic) bond motifs is 1. The van der Waals surface area contributed by atoms with Crippen LogP contribution in [0.5, 0.6) is 5.75 Å². The molecule has 4 nitrogen and oxygen atoms in total. The highest BCUT2D eigenvalue weighted by molar-refractivity contribution is 5.77. The predicted molar refractivity (Wildman–Crippen MR) is 62.6 cm³/mol. The number of hydrogen-bond donors (Lipinski definition) is 2. The molecule has 1 heterocycles. The molecule has 17 heavy (non-hydrogen) atoms. The number of hydrogen-bond acceptors (Lipinski definition) is 3. The van der Waals surface area contributed by atoms with Gasteiger partial charge in [0.15, 0.2) is 0 Å². The Kier molecular flexibility index (Phi) is 3.46. The molecule has 1 amide bonds. The molecule has 0 radical (unpaired) electrons. The summed E-state index contributed by atoms with van der Waals surface area (Å²) in [6.07, 6.45) is 0.352. The van der Waals surface area contributed by atoms with E-state index in [1.165, 1.54) is 12.1 Å². The van der Waals surface area contributed by atoms with Crippen LogP contribution in [-0.2, 0) is 4.79 Å². The topological polar surface area (TPSA) is 50.4 Å². The maximum absolute atomic E-state index is 12.9. The molecule has 0 bridgehead atoms. The van der Waals surface area contributed by atoms with Gasteiger partial charge in [-0.1, -0.05) is 0 Å². The Morgan fingerprint density at radius 3 is 3.24 bits per heavy atom. The summed E-state index contributed by atoms with van der Waals surface area (Å²) in [4.78, 5) is 11.4. The summed E-state index contributed by atoms with van der Waals surface area (Å²) in [5.41, 5.74) is 0.729. The fraction of sp³-hybridized carbons (Fsp3) is 0.417. The van der Waals surface area contributed by atoms with E-state index in [-0.39, 0.29) is 17.8 Å². The number of rotatable bonds is 3. The Hall–Kier alpha value is -1.78. The molecule has 2 rings (SSSR count). The fourth-order valence-electron chi connectivity index (χ4n) is 1.79. The van der Waals surface area contributed by atoms with Crippen LogP contribution in [0, 0.1) is 5.82 Å². The summed E-state index contributed by atoms with van der Waals surface area (Å²) in [7, 11) is 0. The zero-order chi connectivity index (χ0) is 12.3. The van der Waals surface area contributed by atoms with Crippen molar-refractivity contribution in [2.45, 2.75) is 19.4 Å². The summed E-state index contributed by atoms with van der Waals surface area (Å²) in [6.45, 7) is 2.86. The summed E-state index contributed by atoms with van der Waals surface area (Å²) in [6, 6.07) is 4.25. The predicted octanol–water partition coefficient (Wildman–Crippen LogP) is 1.52. The molecule has 0 unspecified atom stereocenters. The van der Waals surface area contributed by atoms with E-state index >= 15 is 0 Å². The zero-order valence-electron chi connectivity index (χ0n) is 9.63. The van der Waals surface area contributed by atoms with Crippen molar-refractivity contribution >= 4 is 11.6 Å². The number of halogens is 1. The summed E-state index contributed by atoms with van der Waals surface area (Å²) in [5, 5.41) is 5.89. The molecule has 1 aliphatic heterocycles. The van der Waals surface area contributed by atoms with E-state index in [1.807, 2.05) is 6.92 Å². The molecule has 1 aromatic carbocycles. The molecule has 0 aromatic heterocycles. The van der Waals surface area contributed by atoms with Gasteiger partial charge >= 0.3 is 0 Å². The number of carbonyl (C=O) groups is 1. The van der Waals surface area contributed by atoms with Crippen molar-refractivity contribution in [3.05, 3.63) is 24.0 Å².